The van der Waals surface area contributed by atoms with Crippen LogP contribution in [0.4, 0.5) is 0 Å². The van der Waals surface area contributed by atoms with Gasteiger partial charge in [0.1, 0.15) is 11.3 Å². The summed E-state index contributed by atoms with van der Waals surface area (Å²) in [5.74, 6) is 1.12. The molecule has 0 amide bonds. The molecule has 1 aliphatic rings. The number of fused-ring (bicyclic) bond motifs is 1. The average Bonchev–Trinajstić information content (AvgIpc) is 2.87. The molecule has 3 rings (SSSR count). The maximum Gasteiger partial charge on any atom is 0.112 e. The first-order valence-electron chi connectivity index (χ1n) is 8.00. The third kappa shape index (κ3) is 3.41. The molecule has 2 aromatic rings. The predicted octanol–water partition coefficient (Wildman–Crippen LogP) is 2.15. The van der Waals surface area contributed by atoms with Crippen LogP contribution in [0.3, 0.4) is 0 Å². The number of ether oxygens (including phenoxy) is 1. The van der Waals surface area contributed by atoms with Gasteiger partial charge in [0, 0.05) is 19.2 Å². The molecule has 0 spiro atoms. The predicted molar refractivity (Wildman–Crippen MR) is 83.4 cm³/mol. The van der Waals surface area contributed by atoms with E-state index < -0.39 is 0 Å². The number of aromatic nitrogens is 3. The number of nitrogens with zero attached hydrogens (tertiary/aromatic N) is 3. The summed E-state index contributed by atoms with van der Waals surface area (Å²) in [6, 6.07) is 2.05. The Hall–Kier alpha value is -1.46. The van der Waals surface area contributed by atoms with E-state index in [9.17, 15) is 0 Å². The van der Waals surface area contributed by atoms with Gasteiger partial charge in [-0.05, 0) is 38.4 Å². The first-order chi connectivity index (χ1) is 10.4. The Balaban J connectivity index is 1.66. The molecule has 114 valence electrons. The second-order valence-corrected chi connectivity index (χ2v) is 5.61. The highest BCUT2D eigenvalue weighted by Crippen LogP contribution is 2.16. The number of imidazole rings is 1. The lowest BCUT2D eigenvalue weighted by atomic mass is 10.1. The van der Waals surface area contributed by atoms with Gasteiger partial charge < -0.3 is 14.6 Å². The Morgan fingerprint density at radius 3 is 3.05 bits per heavy atom. The lowest BCUT2D eigenvalue weighted by molar-refractivity contribution is 0.0339. The molecule has 5 nitrogen and oxygen atoms in total. The van der Waals surface area contributed by atoms with E-state index in [-0.39, 0.29) is 0 Å². The van der Waals surface area contributed by atoms with E-state index in [1.165, 1.54) is 5.52 Å². The number of hydrogen-bond donors (Lipinski definition) is 1. The van der Waals surface area contributed by atoms with Crippen molar-refractivity contribution in [3.05, 3.63) is 24.3 Å². The zero-order chi connectivity index (χ0) is 14.5. The molecule has 1 aliphatic heterocycles. The molecule has 0 unspecified atom stereocenters. The van der Waals surface area contributed by atoms with Crippen LogP contribution in [-0.4, -0.2) is 40.3 Å². The first kappa shape index (κ1) is 14.5. The van der Waals surface area contributed by atoms with Crippen LogP contribution >= 0.6 is 0 Å². The van der Waals surface area contributed by atoms with Crippen molar-refractivity contribution in [2.45, 2.75) is 45.3 Å². The number of rotatable bonds is 6. The summed E-state index contributed by atoms with van der Waals surface area (Å²) in [4.78, 5) is 8.89. The van der Waals surface area contributed by atoms with Crippen molar-refractivity contribution in [2.75, 3.05) is 19.7 Å². The van der Waals surface area contributed by atoms with Gasteiger partial charge in [-0.2, -0.15) is 0 Å². The van der Waals surface area contributed by atoms with Crippen molar-refractivity contribution in [1.82, 2.24) is 19.9 Å². The van der Waals surface area contributed by atoms with Crippen LogP contribution in [0.5, 0.6) is 0 Å². The Morgan fingerprint density at radius 2 is 2.24 bits per heavy atom. The second-order valence-electron chi connectivity index (χ2n) is 5.61. The first-order valence-corrected chi connectivity index (χ1v) is 8.00. The lowest BCUT2D eigenvalue weighted by Crippen LogP contribution is -2.32. The van der Waals surface area contributed by atoms with E-state index in [4.69, 9.17) is 9.72 Å². The van der Waals surface area contributed by atoms with Crippen LogP contribution in [0.15, 0.2) is 18.5 Å². The number of aryl methyl sites for hydroxylation is 1. The summed E-state index contributed by atoms with van der Waals surface area (Å²) < 4.78 is 8.32. The zero-order valence-electron chi connectivity index (χ0n) is 12.7. The van der Waals surface area contributed by atoms with Crippen LogP contribution in [0.25, 0.3) is 11.0 Å². The topological polar surface area (TPSA) is 52.0 Å². The summed E-state index contributed by atoms with van der Waals surface area (Å²) in [6.45, 7) is 6.10. The van der Waals surface area contributed by atoms with Crippen LogP contribution in [0.2, 0.25) is 0 Å². The third-order valence-electron chi connectivity index (χ3n) is 4.04. The smallest absolute Gasteiger partial charge is 0.112 e. The normalized spacial score (nSPS) is 16.6. The van der Waals surface area contributed by atoms with Crippen LogP contribution < -0.4 is 5.32 Å². The lowest BCUT2D eigenvalue weighted by Gasteiger charge is -2.22. The van der Waals surface area contributed by atoms with E-state index in [1.54, 1.807) is 0 Å². The van der Waals surface area contributed by atoms with Gasteiger partial charge in [-0.1, -0.05) is 6.92 Å². The second kappa shape index (κ2) is 7.00. The van der Waals surface area contributed by atoms with Gasteiger partial charge in [0.15, 0.2) is 0 Å². The molecule has 1 saturated heterocycles. The summed E-state index contributed by atoms with van der Waals surface area (Å²) in [5, 5.41) is 3.36. The van der Waals surface area contributed by atoms with E-state index >= 15 is 0 Å². The van der Waals surface area contributed by atoms with Gasteiger partial charge in [-0.3, -0.25) is 4.98 Å². The van der Waals surface area contributed by atoms with E-state index in [0.29, 0.717) is 6.10 Å². The number of piperidine rings is 1. The molecular formula is C16H24N4O. The van der Waals surface area contributed by atoms with Crippen molar-refractivity contribution in [3.63, 3.8) is 0 Å². The summed E-state index contributed by atoms with van der Waals surface area (Å²) >= 11 is 0. The molecule has 2 aromatic heterocycles. The molecule has 0 aliphatic carbocycles. The van der Waals surface area contributed by atoms with Gasteiger partial charge in [0.05, 0.1) is 24.4 Å². The van der Waals surface area contributed by atoms with E-state index in [2.05, 4.69) is 27.9 Å². The number of pyridine rings is 1. The minimum absolute atomic E-state index is 0.414. The fourth-order valence-electron chi connectivity index (χ4n) is 2.97. The molecule has 21 heavy (non-hydrogen) atoms. The van der Waals surface area contributed by atoms with Crippen molar-refractivity contribution in [3.8, 4) is 0 Å². The van der Waals surface area contributed by atoms with E-state index in [0.717, 1.165) is 63.3 Å². The Labute approximate surface area is 125 Å². The van der Waals surface area contributed by atoms with Crippen LogP contribution in [0, 0.1) is 0 Å². The van der Waals surface area contributed by atoms with Crippen molar-refractivity contribution < 1.29 is 4.74 Å². The van der Waals surface area contributed by atoms with Crippen molar-refractivity contribution >= 4 is 11.0 Å². The zero-order valence-corrected chi connectivity index (χ0v) is 12.7. The molecule has 0 atom stereocenters. The Bertz CT molecular complexity index is 575. The largest absolute Gasteiger partial charge is 0.378 e. The number of hydrogen-bond acceptors (Lipinski definition) is 4. The highest BCUT2D eigenvalue weighted by molar-refractivity contribution is 5.74. The standard InChI is InChI=1S/C16H24N4O/c1-2-10-20-15-5-9-18-12-14(15)19-16(20)6-11-21-13-3-7-17-8-4-13/h5,9,12-13,17H,2-4,6-8,10-11H2,1H3. The van der Waals surface area contributed by atoms with E-state index in [1.807, 2.05) is 12.4 Å². The van der Waals surface area contributed by atoms with Crippen LogP contribution in [-0.2, 0) is 17.7 Å². The maximum atomic E-state index is 6.01. The average molecular weight is 288 g/mol. The maximum absolute atomic E-state index is 6.01. The fourth-order valence-corrected chi connectivity index (χ4v) is 2.97. The molecule has 0 bridgehead atoms. The Morgan fingerprint density at radius 1 is 1.38 bits per heavy atom. The molecule has 5 heteroatoms. The molecule has 1 fully saturated rings. The molecule has 0 saturated carbocycles. The van der Waals surface area contributed by atoms with Crippen LogP contribution in [0.1, 0.15) is 32.0 Å². The minimum atomic E-state index is 0.414. The molecule has 0 aromatic carbocycles. The van der Waals surface area contributed by atoms with Gasteiger partial charge in [-0.25, -0.2) is 4.98 Å². The molecule has 1 N–H and O–H groups in total. The van der Waals surface area contributed by atoms with Gasteiger partial charge in [-0.15, -0.1) is 0 Å². The highest BCUT2D eigenvalue weighted by atomic mass is 16.5. The molecular weight excluding hydrogens is 264 g/mol. The monoisotopic (exact) mass is 288 g/mol. The van der Waals surface area contributed by atoms with Gasteiger partial charge >= 0.3 is 0 Å². The van der Waals surface area contributed by atoms with Crippen molar-refractivity contribution in [2.24, 2.45) is 0 Å². The summed E-state index contributed by atoms with van der Waals surface area (Å²) in [5.41, 5.74) is 2.17. The van der Waals surface area contributed by atoms with Gasteiger partial charge in [0.25, 0.3) is 0 Å². The molecule has 3 heterocycles. The quantitative estimate of drug-likeness (QED) is 0.885. The SMILES string of the molecule is CCCn1c(CCOC2CCNCC2)nc2cnccc21. The third-order valence-corrected chi connectivity index (χ3v) is 4.04. The van der Waals surface area contributed by atoms with Crippen molar-refractivity contribution in [1.29, 1.82) is 0 Å². The van der Waals surface area contributed by atoms with Gasteiger partial charge in [0.2, 0.25) is 0 Å². The molecule has 0 radical (unpaired) electrons. The summed E-state index contributed by atoms with van der Waals surface area (Å²) in [6.07, 6.45) is 8.32. The fraction of sp³-hybridized carbons (Fsp3) is 0.625. The Kier molecular flexibility index (Phi) is 4.83. The minimum Gasteiger partial charge on any atom is -0.378 e. The number of nitrogens with one attached hydrogen (secondary N) is 1. The summed E-state index contributed by atoms with van der Waals surface area (Å²) in [7, 11) is 0. The highest BCUT2D eigenvalue weighted by Gasteiger charge is 2.14.